The lowest BCUT2D eigenvalue weighted by atomic mass is 10.0. The third kappa shape index (κ3) is 3.29. The quantitative estimate of drug-likeness (QED) is 0.657. The molecule has 0 bridgehead atoms. The van der Waals surface area contributed by atoms with Crippen molar-refractivity contribution in [2.24, 2.45) is 5.92 Å². The van der Waals surface area contributed by atoms with Gasteiger partial charge in [-0.1, -0.05) is 26.2 Å². The number of hydrogen-bond acceptors (Lipinski definition) is 2. The Hall–Kier alpha value is -0.570. The van der Waals surface area contributed by atoms with Gasteiger partial charge in [0.15, 0.2) is 0 Å². The van der Waals surface area contributed by atoms with Crippen molar-refractivity contribution in [1.29, 1.82) is 0 Å². The first-order valence-electron chi connectivity index (χ1n) is 5.66. The normalized spacial score (nSPS) is 16.9. The Morgan fingerprint density at radius 2 is 2.07 bits per heavy atom. The van der Waals surface area contributed by atoms with Gasteiger partial charge in [0.1, 0.15) is 0 Å². The highest BCUT2D eigenvalue weighted by Crippen LogP contribution is 2.16. The van der Waals surface area contributed by atoms with Crippen LogP contribution in [-0.2, 0) is 4.79 Å². The number of nitrogens with zero attached hydrogens (tertiary/aromatic N) is 1. The zero-order valence-electron chi connectivity index (χ0n) is 9.04. The van der Waals surface area contributed by atoms with Crippen LogP contribution in [0.5, 0.6) is 0 Å². The third-order valence-electron chi connectivity index (χ3n) is 2.81. The van der Waals surface area contributed by atoms with Crippen LogP contribution < -0.4 is 0 Å². The summed E-state index contributed by atoms with van der Waals surface area (Å²) in [5.74, 6) is 0.611. The Morgan fingerprint density at radius 3 is 2.64 bits per heavy atom. The van der Waals surface area contributed by atoms with Gasteiger partial charge in [-0.15, -0.1) is 0 Å². The molecule has 1 N–H and O–H groups in total. The molecule has 0 aromatic rings. The lowest BCUT2D eigenvalue weighted by molar-refractivity contribution is -0.138. The van der Waals surface area contributed by atoms with Gasteiger partial charge in [0.05, 0.1) is 0 Å². The molecule has 0 aromatic carbocycles. The van der Waals surface area contributed by atoms with E-state index >= 15 is 0 Å². The van der Waals surface area contributed by atoms with E-state index in [1.54, 1.807) is 0 Å². The van der Waals surface area contributed by atoms with Gasteiger partial charge in [-0.05, 0) is 6.42 Å². The standard InChI is InChI=1S/C11H21NO2/c1-2-3-4-5-6-11(14)12-7-10(8-12)9-13/h10,13H,2-9H2,1H3. The molecule has 0 aromatic heterocycles. The smallest absolute Gasteiger partial charge is 0.222 e. The van der Waals surface area contributed by atoms with Crippen molar-refractivity contribution < 1.29 is 9.90 Å². The lowest BCUT2D eigenvalue weighted by Gasteiger charge is -2.38. The summed E-state index contributed by atoms with van der Waals surface area (Å²) in [6.45, 7) is 3.93. The van der Waals surface area contributed by atoms with Gasteiger partial charge >= 0.3 is 0 Å². The van der Waals surface area contributed by atoms with Crippen molar-refractivity contribution in [2.75, 3.05) is 19.7 Å². The minimum absolute atomic E-state index is 0.222. The molecule has 1 fully saturated rings. The molecule has 1 aliphatic rings. The first-order valence-corrected chi connectivity index (χ1v) is 5.66. The van der Waals surface area contributed by atoms with Crippen molar-refractivity contribution >= 4 is 5.91 Å². The highest BCUT2D eigenvalue weighted by Gasteiger charge is 2.28. The van der Waals surface area contributed by atoms with Gasteiger partial charge in [-0.25, -0.2) is 0 Å². The highest BCUT2D eigenvalue weighted by molar-refractivity contribution is 5.76. The van der Waals surface area contributed by atoms with Crippen LogP contribution in [0.3, 0.4) is 0 Å². The summed E-state index contributed by atoms with van der Waals surface area (Å²) in [7, 11) is 0. The number of carbonyl (C=O) groups is 1. The van der Waals surface area contributed by atoms with Gasteiger partial charge in [0.2, 0.25) is 5.91 Å². The topological polar surface area (TPSA) is 40.5 Å². The number of rotatable bonds is 6. The molecular weight excluding hydrogens is 178 g/mol. The summed E-state index contributed by atoms with van der Waals surface area (Å²) in [4.78, 5) is 13.3. The van der Waals surface area contributed by atoms with Gasteiger partial charge in [-0.2, -0.15) is 0 Å². The second kappa shape index (κ2) is 6.02. The first kappa shape index (κ1) is 11.5. The minimum Gasteiger partial charge on any atom is -0.396 e. The van der Waals surface area contributed by atoms with Gasteiger partial charge in [-0.3, -0.25) is 4.79 Å². The molecule has 1 aliphatic heterocycles. The first-order chi connectivity index (χ1) is 6.77. The van der Waals surface area contributed by atoms with E-state index in [1.807, 2.05) is 4.90 Å². The average Bonchev–Trinajstić information content (AvgIpc) is 2.11. The Labute approximate surface area is 86.1 Å². The second-order valence-corrected chi connectivity index (χ2v) is 4.16. The molecule has 0 unspecified atom stereocenters. The van der Waals surface area contributed by atoms with E-state index in [0.717, 1.165) is 19.5 Å². The fourth-order valence-corrected chi connectivity index (χ4v) is 1.75. The van der Waals surface area contributed by atoms with E-state index in [9.17, 15) is 4.79 Å². The summed E-state index contributed by atoms with van der Waals surface area (Å²) in [6.07, 6.45) is 5.32. The molecule has 3 nitrogen and oxygen atoms in total. The number of carbonyl (C=O) groups excluding carboxylic acids is 1. The van der Waals surface area contributed by atoms with E-state index in [4.69, 9.17) is 5.11 Å². The van der Waals surface area contributed by atoms with Crippen molar-refractivity contribution in [2.45, 2.75) is 39.0 Å². The zero-order chi connectivity index (χ0) is 10.4. The monoisotopic (exact) mass is 199 g/mol. The van der Waals surface area contributed by atoms with Crippen LogP contribution in [-0.4, -0.2) is 35.6 Å². The summed E-state index contributed by atoms with van der Waals surface area (Å²) in [5, 5.41) is 8.79. The van der Waals surface area contributed by atoms with Gasteiger partial charge < -0.3 is 10.0 Å². The molecule has 0 atom stereocenters. The molecule has 0 saturated carbocycles. The average molecular weight is 199 g/mol. The molecule has 0 aliphatic carbocycles. The Balaban J connectivity index is 2.00. The van der Waals surface area contributed by atoms with E-state index in [1.165, 1.54) is 19.3 Å². The number of aliphatic hydroxyl groups is 1. The van der Waals surface area contributed by atoms with Crippen LogP contribution in [0.4, 0.5) is 0 Å². The Kier molecular flexibility index (Phi) is 4.94. The summed E-state index contributed by atoms with van der Waals surface area (Å²) >= 11 is 0. The van der Waals surface area contributed by atoms with Crippen molar-refractivity contribution in [3.63, 3.8) is 0 Å². The maximum atomic E-state index is 11.5. The predicted octanol–water partition coefficient (Wildman–Crippen LogP) is 1.41. The zero-order valence-corrected chi connectivity index (χ0v) is 9.04. The molecule has 0 radical (unpaired) electrons. The molecule has 1 amide bonds. The summed E-state index contributed by atoms with van der Waals surface area (Å²) in [6, 6.07) is 0. The highest BCUT2D eigenvalue weighted by atomic mass is 16.3. The number of hydrogen-bond donors (Lipinski definition) is 1. The third-order valence-corrected chi connectivity index (χ3v) is 2.81. The largest absolute Gasteiger partial charge is 0.396 e. The fraction of sp³-hybridized carbons (Fsp3) is 0.909. The molecule has 14 heavy (non-hydrogen) atoms. The second-order valence-electron chi connectivity index (χ2n) is 4.16. The van der Waals surface area contributed by atoms with Crippen LogP contribution in [0.2, 0.25) is 0 Å². The summed E-state index contributed by atoms with van der Waals surface area (Å²) in [5.41, 5.74) is 0. The molecule has 0 spiro atoms. The Morgan fingerprint density at radius 1 is 1.36 bits per heavy atom. The van der Waals surface area contributed by atoms with E-state index in [0.29, 0.717) is 12.3 Å². The van der Waals surface area contributed by atoms with Crippen molar-refractivity contribution in [3.8, 4) is 0 Å². The van der Waals surface area contributed by atoms with Crippen molar-refractivity contribution in [1.82, 2.24) is 4.90 Å². The van der Waals surface area contributed by atoms with E-state index < -0.39 is 0 Å². The van der Waals surface area contributed by atoms with E-state index in [-0.39, 0.29) is 12.5 Å². The minimum atomic E-state index is 0.222. The number of amides is 1. The van der Waals surface area contributed by atoms with Crippen LogP contribution in [0.1, 0.15) is 39.0 Å². The van der Waals surface area contributed by atoms with Gasteiger partial charge in [0.25, 0.3) is 0 Å². The molecule has 1 heterocycles. The van der Waals surface area contributed by atoms with Crippen molar-refractivity contribution in [3.05, 3.63) is 0 Å². The van der Waals surface area contributed by atoms with Crippen LogP contribution in [0, 0.1) is 5.92 Å². The number of unbranched alkanes of at least 4 members (excludes halogenated alkanes) is 3. The van der Waals surface area contributed by atoms with Gasteiger partial charge in [0, 0.05) is 32.0 Å². The Bertz CT molecular complexity index is 176. The summed E-state index contributed by atoms with van der Waals surface area (Å²) < 4.78 is 0. The maximum absolute atomic E-state index is 11.5. The van der Waals surface area contributed by atoms with Crippen LogP contribution >= 0.6 is 0 Å². The van der Waals surface area contributed by atoms with Crippen LogP contribution in [0.15, 0.2) is 0 Å². The van der Waals surface area contributed by atoms with E-state index in [2.05, 4.69) is 6.92 Å². The maximum Gasteiger partial charge on any atom is 0.222 e. The number of aliphatic hydroxyl groups excluding tert-OH is 1. The van der Waals surface area contributed by atoms with Crippen LogP contribution in [0.25, 0.3) is 0 Å². The fourth-order valence-electron chi connectivity index (χ4n) is 1.75. The molecule has 1 saturated heterocycles. The molecule has 82 valence electrons. The number of likely N-dealkylation sites (tertiary alicyclic amines) is 1. The predicted molar refractivity (Wildman–Crippen MR) is 55.9 cm³/mol. The molecule has 1 rings (SSSR count). The molecule has 3 heteroatoms. The SMILES string of the molecule is CCCCCCC(=O)N1CC(CO)C1. The molecular formula is C11H21NO2. The lowest BCUT2D eigenvalue weighted by Crippen LogP contribution is -2.51.